The van der Waals surface area contributed by atoms with Crippen molar-refractivity contribution in [1.29, 1.82) is 0 Å². The molecule has 1 heterocycles. The summed E-state index contributed by atoms with van der Waals surface area (Å²) in [5, 5.41) is 0. The van der Waals surface area contributed by atoms with Gasteiger partial charge in [-0.05, 0) is 38.8 Å². The van der Waals surface area contributed by atoms with Crippen LogP contribution in [0.2, 0.25) is 0 Å². The molecule has 1 fully saturated rings. The molecule has 2 aliphatic rings. The van der Waals surface area contributed by atoms with E-state index in [0.717, 1.165) is 12.0 Å². The van der Waals surface area contributed by atoms with Crippen LogP contribution in [-0.2, 0) is 0 Å². The molecule has 2 unspecified atom stereocenters. The molecule has 0 aromatic heterocycles. The van der Waals surface area contributed by atoms with E-state index >= 15 is 0 Å². The number of rotatable bonds is 0. The van der Waals surface area contributed by atoms with E-state index in [1.807, 2.05) is 0 Å². The molecule has 1 saturated heterocycles. The zero-order valence-electron chi connectivity index (χ0n) is 6.59. The van der Waals surface area contributed by atoms with Gasteiger partial charge in [0.15, 0.2) is 0 Å². The highest BCUT2D eigenvalue weighted by molar-refractivity contribution is 5.05. The molecule has 0 N–H and O–H groups in total. The average Bonchev–Trinajstić information content (AvgIpc) is 2.34. The topological polar surface area (TPSA) is 3.24 Å². The molecule has 1 nitrogen and oxygen atoms in total. The number of hydrogen-bond donors (Lipinski definition) is 0. The Morgan fingerprint density at radius 3 is 3.10 bits per heavy atom. The second-order valence-corrected chi connectivity index (χ2v) is 3.53. The highest BCUT2D eigenvalue weighted by atomic mass is 15.1. The Morgan fingerprint density at radius 1 is 1.40 bits per heavy atom. The SMILES string of the molecule is CN1CCC2CCC=CC21. The van der Waals surface area contributed by atoms with E-state index in [4.69, 9.17) is 0 Å². The fourth-order valence-corrected chi connectivity index (χ4v) is 2.21. The Kier molecular flexibility index (Phi) is 1.53. The minimum absolute atomic E-state index is 0.786. The number of nitrogens with zero attached hydrogens (tertiary/aromatic N) is 1. The lowest BCUT2D eigenvalue weighted by molar-refractivity contribution is 0.307. The fraction of sp³-hybridized carbons (Fsp3) is 0.778. The van der Waals surface area contributed by atoms with Crippen molar-refractivity contribution in [2.45, 2.75) is 25.3 Å². The maximum Gasteiger partial charge on any atom is 0.0303 e. The molecule has 2 atom stereocenters. The van der Waals surface area contributed by atoms with E-state index < -0.39 is 0 Å². The molecule has 0 amide bonds. The predicted octanol–water partition coefficient (Wildman–Crippen LogP) is 1.66. The van der Waals surface area contributed by atoms with Crippen LogP contribution in [-0.4, -0.2) is 24.5 Å². The van der Waals surface area contributed by atoms with Crippen molar-refractivity contribution in [2.24, 2.45) is 5.92 Å². The summed E-state index contributed by atoms with van der Waals surface area (Å²) < 4.78 is 0. The highest BCUT2D eigenvalue weighted by Gasteiger charge is 2.30. The van der Waals surface area contributed by atoms with Gasteiger partial charge in [-0.3, -0.25) is 4.90 Å². The van der Waals surface area contributed by atoms with Crippen molar-refractivity contribution in [3.05, 3.63) is 12.2 Å². The van der Waals surface area contributed by atoms with Gasteiger partial charge >= 0.3 is 0 Å². The van der Waals surface area contributed by atoms with Crippen LogP contribution in [0, 0.1) is 5.92 Å². The monoisotopic (exact) mass is 137 g/mol. The summed E-state index contributed by atoms with van der Waals surface area (Å²) in [6.07, 6.45) is 8.89. The Morgan fingerprint density at radius 2 is 2.30 bits per heavy atom. The van der Waals surface area contributed by atoms with E-state index in [9.17, 15) is 0 Å². The molecule has 0 aromatic rings. The van der Waals surface area contributed by atoms with Crippen LogP contribution in [0.15, 0.2) is 12.2 Å². The van der Waals surface area contributed by atoms with Crippen molar-refractivity contribution in [2.75, 3.05) is 13.6 Å². The number of likely N-dealkylation sites (tertiary alicyclic amines) is 1. The summed E-state index contributed by atoms with van der Waals surface area (Å²) in [6.45, 7) is 1.31. The van der Waals surface area contributed by atoms with Crippen LogP contribution in [0.4, 0.5) is 0 Å². The third kappa shape index (κ3) is 0.891. The molecule has 0 spiro atoms. The lowest BCUT2D eigenvalue weighted by Crippen LogP contribution is -2.28. The standard InChI is InChI=1S/C9H15N/c1-10-7-6-8-4-2-3-5-9(8)10/h3,5,8-9H,2,4,6-7H2,1H3. The maximum atomic E-state index is 2.47. The Bertz CT molecular complexity index is 151. The van der Waals surface area contributed by atoms with Crippen LogP contribution in [0.3, 0.4) is 0 Å². The summed E-state index contributed by atoms with van der Waals surface area (Å²) in [4.78, 5) is 2.47. The van der Waals surface area contributed by atoms with Crippen LogP contribution in [0.5, 0.6) is 0 Å². The zero-order valence-corrected chi connectivity index (χ0v) is 6.59. The van der Waals surface area contributed by atoms with E-state index in [1.165, 1.54) is 25.8 Å². The lowest BCUT2D eigenvalue weighted by atomic mass is 9.90. The molecular weight excluding hydrogens is 122 g/mol. The minimum atomic E-state index is 0.786. The molecule has 1 aliphatic carbocycles. The first kappa shape index (κ1) is 6.41. The van der Waals surface area contributed by atoms with Crippen molar-refractivity contribution in [3.8, 4) is 0 Å². The molecular formula is C9H15N. The van der Waals surface area contributed by atoms with Gasteiger partial charge in [0.25, 0.3) is 0 Å². The van der Waals surface area contributed by atoms with Crippen LogP contribution in [0.1, 0.15) is 19.3 Å². The molecule has 56 valence electrons. The van der Waals surface area contributed by atoms with Crippen molar-refractivity contribution in [3.63, 3.8) is 0 Å². The minimum Gasteiger partial charge on any atom is -0.300 e. The largest absolute Gasteiger partial charge is 0.300 e. The number of allylic oxidation sites excluding steroid dienone is 1. The normalized spacial score (nSPS) is 40.1. The van der Waals surface area contributed by atoms with Gasteiger partial charge in [-0.25, -0.2) is 0 Å². The molecule has 10 heavy (non-hydrogen) atoms. The van der Waals surface area contributed by atoms with E-state index in [0.29, 0.717) is 0 Å². The maximum absolute atomic E-state index is 2.47. The van der Waals surface area contributed by atoms with E-state index in [2.05, 4.69) is 24.1 Å². The molecule has 0 radical (unpaired) electrons. The van der Waals surface area contributed by atoms with Crippen LogP contribution >= 0.6 is 0 Å². The smallest absolute Gasteiger partial charge is 0.0303 e. The summed E-state index contributed by atoms with van der Waals surface area (Å²) in [6, 6.07) is 0.786. The number of likely N-dealkylation sites (N-methyl/N-ethyl adjacent to an activating group) is 1. The van der Waals surface area contributed by atoms with Gasteiger partial charge in [-0.15, -0.1) is 0 Å². The van der Waals surface area contributed by atoms with Gasteiger partial charge in [-0.2, -0.15) is 0 Å². The quantitative estimate of drug-likeness (QED) is 0.459. The zero-order chi connectivity index (χ0) is 6.97. The Hall–Kier alpha value is -0.300. The van der Waals surface area contributed by atoms with E-state index in [1.54, 1.807) is 0 Å². The first-order valence-electron chi connectivity index (χ1n) is 4.25. The highest BCUT2D eigenvalue weighted by Crippen LogP contribution is 2.30. The Balaban J connectivity index is 2.13. The summed E-state index contributed by atoms with van der Waals surface area (Å²) in [5.41, 5.74) is 0. The van der Waals surface area contributed by atoms with Crippen LogP contribution < -0.4 is 0 Å². The first-order valence-corrected chi connectivity index (χ1v) is 4.25. The van der Waals surface area contributed by atoms with Crippen molar-refractivity contribution < 1.29 is 0 Å². The van der Waals surface area contributed by atoms with Gasteiger partial charge in [0.2, 0.25) is 0 Å². The summed E-state index contributed by atoms with van der Waals surface area (Å²) in [7, 11) is 2.24. The van der Waals surface area contributed by atoms with Gasteiger partial charge in [0.05, 0.1) is 0 Å². The second kappa shape index (κ2) is 2.39. The average molecular weight is 137 g/mol. The van der Waals surface area contributed by atoms with Gasteiger partial charge in [0, 0.05) is 6.04 Å². The first-order chi connectivity index (χ1) is 4.88. The molecule has 0 saturated carbocycles. The summed E-state index contributed by atoms with van der Waals surface area (Å²) in [5.74, 6) is 0.981. The predicted molar refractivity (Wildman–Crippen MR) is 42.9 cm³/mol. The molecule has 1 heteroatoms. The summed E-state index contributed by atoms with van der Waals surface area (Å²) >= 11 is 0. The van der Waals surface area contributed by atoms with Crippen LogP contribution in [0.25, 0.3) is 0 Å². The lowest BCUT2D eigenvalue weighted by Gasteiger charge is -2.24. The fourth-order valence-electron chi connectivity index (χ4n) is 2.21. The Labute approximate surface area is 62.7 Å². The molecule has 0 bridgehead atoms. The second-order valence-electron chi connectivity index (χ2n) is 3.53. The third-order valence-electron chi connectivity index (χ3n) is 2.88. The molecule has 2 rings (SSSR count). The molecule has 1 aliphatic heterocycles. The van der Waals surface area contributed by atoms with Gasteiger partial charge < -0.3 is 0 Å². The number of hydrogen-bond acceptors (Lipinski definition) is 1. The third-order valence-corrected chi connectivity index (χ3v) is 2.88. The van der Waals surface area contributed by atoms with Gasteiger partial charge in [0.1, 0.15) is 0 Å². The molecule has 0 aromatic carbocycles. The van der Waals surface area contributed by atoms with Crippen molar-refractivity contribution in [1.82, 2.24) is 4.90 Å². The van der Waals surface area contributed by atoms with Crippen molar-refractivity contribution >= 4 is 0 Å². The van der Waals surface area contributed by atoms with E-state index in [-0.39, 0.29) is 0 Å². The number of fused-ring (bicyclic) bond motifs is 1. The van der Waals surface area contributed by atoms with Gasteiger partial charge in [-0.1, -0.05) is 12.2 Å².